The maximum atomic E-state index is 10.7. The summed E-state index contributed by atoms with van der Waals surface area (Å²) >= 11 is 0. The molecule has 0 aliphatic rings. The minimum absolute atomic E-state index is 0.0837. The standard InChI is InChI=1S/C11H16N2O2/c1-3-13-10(6-11(14)15)9-7-12-5-4-8(9)2/h4-5,7,10,13H,3,6H2,1-2H3,(H,14,15). The van der Waals surface area contributed by atoms with E-state index >= 15 is 0 Å². The molecule has 2 N–H and O–H groups in total. The Labute approximate surface area is 89.3 Å². The van der Waals surface area contributed by atoms with Gasteiger partial charge in [-0.15, -0.1) is 0 Å². The zero-order chi connectivity index (χ0) is 11.3. The summed E-state index contributed by atoms with van der Waals surface area (Å²) in [5.41, 5.74) is 2.03. The van der Waals surface area contributed by atoms with Crippen LogP contribution in [0.25, 0.3) is 0 Å². The minimum Gasteiger partial charge on any atom is -0.481 e. The van der Waals surface area contributed by atoms with Crippen molar-refractivity contribution in [2.75, 3.05) is 6.54 Å². The zero-order valence-electron chi connectivity index (χ0n) is 9.03. The number of carboxylic acid groups (broad SMARTS) is 1. The second-order valence-electron chi connectivity index (χ2n) is 3.44. The molecule has 0 aliphatic heterocycles. The third-order valence-corrected chi connectivity index (χ3v) is 2.28. The van der Waals surface area contributed by atoms with Crippen LogP contribution in [0.2, 0.25) is 0 Å². The van der Waals surface area contributed by atoms with Crippen LogP contribution in [0.3, 0.4) is 0 Å². The van der Waals surface area contributed by atoms with Crippen molar-refractivity contribution >= 4 is 5.97 Å². The number of aromatic nitrogens is 1. The topological polar surface area (TPSA) is 62.2 Å². The molecule has 15 heavy (non-hydrogen) atoms. The Kier molecular flexibility index (Phi) is 4.24. The lowest BCUT2D eigenvalue weighted by Crippen LogP contribution is -2.24. The van der Waals surface area contributed by atoms with Crippen molar-refractivity contribution in [3.63, 3.8) is 0 Å². The van der Waals surface area contributed by atoms with Crippen LogP contribution >= 0.6 is 0 Å². The summed E-state index contributed by atoms with van der Waals surface area (Å²) in [6.07, 6.45) is 3.52. The number of carboxylic acids is 1. The fourth-order valence-corrected chi connectivity index (χ4v) is 1.55. The lowest BCUT2D eigenvalue weighted by Gasteiger charge is -2.17. The van der Waals surface area contributed by atoms with Gasteiger partial charge in [-0.1, -0.05) is 6.92 Å². The molecule has 0 bridgehead atoms. The van der Waals surface area contributed by atoms with E-state index in [2.05, 4.69) is 10.3 Å². The summed E-state index contributed by atoms with van der Waals surface area (Å²) in [6.45, 7) is 4.66. The van der Waals surface area contributed by atoms with Crippen molar-refractivity contribution in [1.29, 1.82) is 0 Å². The minimum atomic E-state index is -0.802. The Hall–Kier alpha value is -1.42. The highest BCUT2D eigenvalue weighted by atomic mass is 16.4. The van der Waals surface area contributed by atoms with Crippen molar-refractivity contribution in [2.24, 2.45) is 0 Å². The first-order valence-corrected chi connectivity index (χ1v) is 5.00. The molecule has 0 radical (unpaired) electrons. The number of rotatable bonds is 5. The summed E-state index contributed by atoms with van der Waals surface area (Å²) in [5, 5.41) is 12.0. The van der Waals surface area contributed by atoms with E-state index in [1.165, 1.54) is 0 Å². The zero-order valence-corrected chi connectivity index (χ0v) is 9.03. The van der Waals surface area contributed by atoms with E-state index in [4.69, 9.17) is 5.11 Å². The molecule has 0 aromatic carbocycles. The van der Waals surface area contributed by atoms with E-state index in [0.29, 0.717) is 0 Å². The van der Waals surface area contributed by atoms with E-state index in [-0.39, 0.29) is 12.5 Å². The Morgan fingerprint density at radius 2 is 2.40 bits per heavy atom. The van der Waals surface area contributed by atoms with Crippen molar-refractivity contribution < 1.29 is 9.90 Å². The molecule has 0 saturated carbocycles. The predicted molar refractivity (Wildman–Crippen MR) is 57.6 cm³/mol. The first-order chi connectivity index (χ1) is 7.15. The predicted octanol–water partition coefficient (Wildman–Crippen LogP) is 1.52. The Morgan fingerprint density at radius 1 is 1.67 bits per heavy atom. The fraction of sp³-hybridized carbons (Fsp3) is 0.455. The van der Waals surface area contributed by atoms with Gasteiger partial charge in [0.2, 0.25) is 0 Å². The van der Waals surface area contributed by atoms with Gasteiger partial charge in [0.1, 0.15) is 0 Å². The van der Waals surface area contributed by atoms with Crippen LogP contribution in [0, 0.1) is 6.92 Å². The van der Waals surface area contributed by atoms with E-state index in [0.717, 1.165) is 17.7 Å². The number of aliphatic carboxylic acids is 1. The molecule has 1 aromatic heterocycles. The smallest absolute Gasteiger partial charge is 0.305 e. The molecule has 0 aliphatic carbocycles. The van der Waals surface area contributed by atoms with Gasteiger partial charge in [-0.05, 0) is 30.7 Å². The number of pyridine rings is 1. The average molecular weight is 208 g/mol. The van der Waals surface area contributed by atoms with Crippen LogP contribution in [0.5, 0.6) is 0 Å². The number of nitrogens with one attached hydrogen (secondary N) is 1. The van der Waals surface area contributed by atoms with Crippen molar-refractivity contribution in [1.82, 2.24) is 10.3 Å². The molecule has 4 nitrogen and oxygen atoms in total. The number of aryl methyl sites for hydroxylation is 1. The molecule has 1 atom stereocenters. The largest absolute Gasteiger partial charge is 0.481 e. The summed E-state index contributed by atoms with van der Waals surface area (Å²) in [4.78, 5) is 14.7. The molecule has 0 saturated heterocycles. The molecule has 1 heterocycles. The first-order valence-electron chi connectivity index (χ1n) is 5.00. The monoisotopic (exact) mass is 208 g/mol. The molecule has 4 heteroatoms. The normalized spacial score (nSPS) is 12.4. The molecule has 0 spiro atoms. The molecule has 0 amide bonds. The van der Waals surface area contributed by atoms with Crippen LogP contribution in [-0.2, 0) is 4.79 Å². The highest BCUT2D eigenvalue weighted by molar-refractivity contribution is 5.68. The summed E-state index contributed by atoms with van der Waals surface area (Å²) < 4.78 is 0. The van der Waals surface area contributed by atoms with Gasteiger partial charge in [-0.2, -0.15) is 0 Å². The van der Waals surface area contributed by atoms with E-state index in [1.807, 2.05) is 19.9 Å². The quantitative estimate of drug-likeness (QED) is 0.770. The van der Waals surface area contributed by atoms with Crippen LogP contribution in [0.4, 0.5) is 0 Å². The fourth-order valence-electron chi connectivity index (χ4n) is 1.55. The van der Waals surface area contributed by atoms with E-state index in [1.54, 1.807) is 12.4 Å². The van der Waals surface area contributed by atoms with Gasteiger partial charge in [0, 0.05) is 18.4 Å². The van der Waals surface area contributed by atoms with Crippen LogP contribution in [0.1, 0.15) is 30.5 Å². The van der Waals surface area contributed by atoms with E-state index < -0.39 is 5.97 Å². The average Bonchev–Trinajstić information content (AvgIpc) is 2.17. The number of carbonyl (C=O) groups is 1. The first kappa shape index (κ1) is 11.7. The molecule has 82 valence electrons. The Bertz CT molecular complexity index is 339. The molecular formula is C11H16N2O2. The third-order valence-electron chi connectivity index (χ3n) is 2.28. The SMILES string of the molecule is CCNC(CC(=O)O)c1cnccc1C. The van der Waals surface area contributed by atoms with Crippen molar-refractivity contribution in [3.05, 3.63) is 29.6 Å². The van der Waals surface area contributed by atoms with Crippen molar-refractivity contribution in [3.8, 4) is 0 Å². The highest BCUT2D eigenvalue weighted by Gasteiger charge is 2.16. The second-order valence-corrected chi connectivity index (χ2v) is 3.44. The number of hydrogen-bond donors (Lipinski definition) is 2. The van der Waals surface area contributed by atoms with Crippen LogP contribution in [0.15, 0.2) is 18.5 Å². The number of hydrogen-bond acceptors (Lipinski definition) is 3. The Balaban J connectivity index is 2.88. The van der Waals surface area contributed by atoms with E-state index in [9.17, 15) is 4.79 Å². The highest BCUT2D eigenvalue weighted by Crippen LogP contribution is 2.19. The van der Waals surface area contributed by atoms with Crippen LogP contribution < -0.4 is 5.32 Å². The molecule has 0 fully saturated rings. The lowest BCUT2D eigenvalue weighted by atomic mass is 10.0. The maximum Gasteiger partial charge on any atom is 0.305 e. The van der Waals surface area contributed by atoms with Gasteiger partial charge in [0.25, 0.3) is 0 Å². The summed E-state index contributed by atoms with van der Waals surface area (Å²) in [6, 6.07) is 1.74. The van der Waals surface area contributed by atoms with Gasteiger partial charge in [-0.25, -0.2) is 0 Å². The van der Waals surface area contributed by atoms with Gasteiger partial charge in [0.05, 0.1) is 6.42 Å². The molecule has 1 aromatic rings. The third kappa shape index (κ3) is 3.32. The molecule has 1 unspecified atom stereocenters. The summed E-state index contributed by atoms with van der Waals surface area (Å²) in [7, 11) is 0. The van der Waals surface area contributed by atoms with Crippen molar-refractivity contribution in [2.45, 2.75) is 26.3 Å². The lowest BCUT2D eigenvalue weighted by molar-refractivity contribution is -0.137. The Morgan fingerprint density at radius 3 is 2.93 bits per heavy atom. The second kappa shape index (κ2) is 5.46. The van der Waals surface area contributed by atoms with Gasteiger partial charge in [0.15, 0.2) is 0 Å². The van der Waals surface area contributed by atoms with Gasteiger partial charge in [-0.3, -0.25) is 9.78 Å². The van der Waals surface area contributed by atoms with Gasteiger partial charge >= 0.3 is 5.97 Å². The summed E-state index contributed by atoms with van der Waals surface area (Å²) in [5.74, 6) is -0.802. The number of nitrogens with zero attached hydrogens (tertiary/aromatic N) is 1. The molecular weight excluding hydrogens is 192 g/mol. The maximum absolute atomic E-state index is 10.7. The van der Waals surface area contributed by atoms with Crippen LogP contribution in [-0.4, -0.2) is 22.6 Å². The molecule has 1 rings (SSSR count). The van der Waals surface area contributed by atoms with Gasteiger partial charge < -0.3 is 10.4 Å².